The zero-order valence-corrected chi connectivity index (χ0v) is 19.4. The number of tetrazole rings is 1. The summed E-state index contributed by atoms with van der Waals surface area (Å²) in [4.78, 5) is 25.8. The normalized spacial score (nSPS) is 15.4. The summed E-state index contributed by atoms with van der Waals surface area (Å²) >= 11 is 1.28. The number of Topliss-reactive ketones (excluding diaryl/α,β-unsaturated/α-hetero) is 1. The molecule has 1 saturated heterocycles. The van der Waals surface area contributed by atoms with Crippen LogP contribution >= 0.6 is 11.8 Å². The van der Waals surface area contributed by atoms with Crippen molar-refractivity contribution in [2.45, 2.75) is 37.4 Å². The van der Waals surface area contributed by atoms with E-state index in [1.54, 1.807) is 9.58 Å². The Balaban J connectivity index is 1.54. The fourth-order valence-electron chi connectivity index (χ4n) is 3.17. The van der Waals surface area contributed by atoms with Gasteiger partial charge in [0.05, 0.1) is 10.6 Å². The summed E-state index contributed by atoms with van der Waals surface area (Å²) in [5.41, 5.74) is 0.464. The highest BCUT2D eigenvalue weighted by Crippen LogP contribution is 2.20. The molecular formula is C19H26N6O4S2. The Bertz CT molecular complexity index is 1030. The van der Waals surface area contributed by atoms with Crippen molar-refractivity contribution in [1.82, 2.24) is 29.4 Å². The van der Waals surface area contributed by atoms with E-state index in [0.717, 1.165) is 0 Å². The van der Waals surface area contributed by atoms with Crippen LogP contribution in [0.25, 0.3) is 0 Å². The summed E-state index contributed by atoms with van der Waals surface area (Å²) in [7, 11) is -3.67. The van der Waals surface area contributed by atoms with Gasteiger partial charge in [0.1, 0.15) is 0 Å². The molecule has 1 fully saturated rings. The zero-order chi connectivity index (χ0) is 22.6. The molecule has 0 spiro atoms. The summed E-state index contributed by atoms with van der Waals surface area (Å²) in [5.74, 6) is 0.379. The Morgan fingerprint density at radius 2 is 1.74 bits per heavy atom. The number of aromatic nitrogens is 4. The number of carbonyl (C=O) groups is 2. The first-order valence-electron chi connectivity index (χ1n) is 9.96. The van der Waals surface area contributed by atoms with Gasteiger partial charge in [0.2, 0.25) is 21.1 Å². The van der Waals surface area contributed by atoms with Gasteiger partial charge in [0.25, 0.3) is 0 Å². The Hall–Kier alpha value is -2.31. The van der Waals surface area contributed by atoms with Gasteiger partial charge in [-0.2, -0.15) is 4.31 Å². The van der Waals surface area contributed by atoms with Gasteiger partial charge in [-0.25, -0.2) is 13.1 Å². The Labute approximate surface area is 186 Å². The van der Waals surface area contributed by atoms with Gasteiger partial charge in [-0.15, -0.1) is 5.10 Å². The lowest BCUT2D eigenvalue weighted by atomic mass is 10.2. The minimum atomic E-state index is -3.67. The second-order valence-corrected chi connectivity index (χ2v) is 10.6. The largest absolute Gasteiger partial charge is 0.339 e. The number of nitrogens with zero attached hydrogens (tertiary/aromatic N) is 6. The second-order valence-electron chi connectivity index (χ2n) is 7.69. The molecular weight excluding hydrogens is 440 g/mol. The van der Waals surface area contributed by atoms with E-state index in [-0.39, 0.29) is 35.4 Å². The molecule has 0 bridgehead atoms. The average molecular weight is 467 g/mol. The minimum Gasteiger partial charge on any atom is -0.339 e. The number of rotatable bonds is 8. The smallest absolute Gasteiger partial charge is 0.243 e. The van der Waals surface area contributed by atoms with E-state index in [1.165, 1.54) is 47.3 Å². The third kappa shape index (κ3) is 5.69. The van der Waals surface area contributed by atoms with Gasteiger partial charge in [0, 0.05) is 38.3 Å². The van der Waals surface area contributed by atoms with E-state index < -0.39 is 10.0 Å². The van der Waals surface area contributed by atoms with Gasteiger partial charge in [-0.3, -0.25) is 9.59 Å². The topological polar surface area (TPSA) is 118 Å². The van der Waals surface area contributed by atoms with E-state index in [0.29, 0.717) is 36.3 Å². The monoisotopic (exact) mass is 466 g/mol. The second kappa shape index (κ2) is 9.88. The number of hydrogen-bond donors (Lipinski definition) is 0. The molecule has 0 unspecified atom stereocenters. The molecule has 10 nitrogen and oxygen atoms in total. The fourth-order valence-corrected chi connectivity index (χ4v) is 5.38. The van der Waals surface area contributed by atoms with Crippen LogP contribution in [-0.4, -0.2) is 81.5 Å². The molecule has 0 aliphatic carbocycles. The summed E-state index contributed by atoms with van der Waals surface area (Å²) < 4.78 is 28.8. The average Bonchev–Trinajstić information content (AvgIpc) is 3.18. The highest BCUT2D eigenvalue weighted by molar-refractivity contribution is 7.99. The molecule has 0 radical (unpaired) electrons. The predicted octanol–water partition coefficient (Wildman–Crippen LogP) is 1.16. The van der Waals surface area contributed by atoms with Crippen LogP contribution in [0.4, 0.5) is 0 Å². The minimum absolute atomic E-state index is 0.0769. The standard InChI is InChI=1S/C19H26N6O4S2/c1-14(2)12-25-19(20-21-22-25)30-13-18(27)23-8-10-24(11-9-23)31(28,29)17-6-4-16(5-7-17)15(3)26/h4-7,14H,8-13H2,1-3H3. The summed E-state index contributed by atoms with van der Waals surface area (Å²) in [6.07, 6.45) is 0. The van der Waals surface area contributed by atoms with Crippen molar-refractivity contribution in [1.29, 1.82) is 0 Å². The van der Waals surface area contributed by atoms with E-state index in [9.17, 15) is 18.0 Å². The molecule has 1 aromatic carbocycles. The first-order chi connectivity index (χ1) is 14.7. The molecule has 0 N–H and O–H groups in total. The molecule has 1 aromatic heterocycles. The number of carbonyl (C=O) groups excluding carboxylic acids is 2. The number of ketones is 1. The lowest BCUT2D eigenvalue weighted by Gasteiger charge is -2.34. The molecule has 0 saturated carbocycles. The van der Waals surface area contributed by atoms with Crippen LogP contribution in [0, 0.1) is 5.92 Å². The molecule has 2 aromatic rings. The van der Waals surface area contributed by atoms with Crippen molar-refractivity contribution in [2.24, 2.45) is 5.92 Å². The van der Waals surface area contributed by atoms with Crippen molar-refractivity contribution < 1.29 is 18.0 Å². The van der Waals surface area contributed by atoms with E-state index in [4.69, 9.17) is 0 Å². The maximum absolute atomic E-state index is 12.9. The Morgan fingerprint density at radius 3 is 2.32 bits per heavy atom. The number of amides is 1. The molecule has 3 rings (SSSR count). The third-order valence-corrected chi connectivity index (χ3v) is 7.71. The number of benzene rings is 1. The van der Waals surface area contributed by atoms with Gasteiger partial charge >= 0.3 is 0 Å². The SMILES string of the molecule is CC(=O)c1ccc(S(=O)(=O)N2CCN(C(=O)CSc3nnnn3CC(C)C)CC2)cc1. The summed E-state index contributed by atoms with van der Waals surface area (Å²) in [5, 5.41) is 12.2. The molecule has 2 heterocycles. The number of hydrogen-bond acceptors (Lipinski definition) is 8. The predicted molar refractivity (Wildman–Crippen MR) is 115 cm³/mol. The Morgan fingerprint density at radius 1 is 1.10 bits per heavy atom. The van der Waals surface area contributed by atoms with Crippen molar-refractivity contribution in [3.63, 3.8) is 0 Å². The van der Waals surface area contributed by atoms with Crippen LogP contribution in [-0.2, 0) is 21.4 Å². The van der Waals surface area contributed by atoms with Crippen LogP contribution in [0.3, 0.4) is 0 Å². The quantitative estimate of drug-likeness (QED) is 0.420. The van der Waals surface area contributed by atoms with Crippen molar-refractivity contribution >= 4 is 33.5 Å². The maximum Gasteiger partial charge on any atom is 0.243 e. The van der Waals surface area contributed by atoms with E-state index in [1.807, 2.05) is 0 Å². The van der Waals surface area contributed by atoms with Gasteiger partial charge < -0.3 is 4.90 Å². The molecule has 0 atom stereocenters. The van der Waals surface area contributed by atoms with Gasteiger partial charge in [0.15, 0.2) is 5.78 Å². The summed E-state index contributed by atoms with van der Waals surface area (Å²) in [6.45, 7) is 7.31. The van der Waals surface area contributed by atoms with E-state index in [2.05, 4.69) is 29.4 Å². The van der Waals surface area contributed by atoms with E-state index >= 15 is 0 Å². The van der Waals surface area contributed by atoms with Crippen LogP contribution in [0.15, 0.2) is 34.3 Å². The molecule has 12 heteroatoms. The first kappa shape index (κ1) is 23.4. The van der Waals surface area contributed by atoms with Crippen LogP contribution < -0.4 is 0 Å². The molecule has 31 heavy (non-hydrogen) atoms. The molecule has 1 aliphatic rings. The van der Waals surface area contributed by atoms with Gasteiger partial charge in [-0.1, -0.05) is 37.7 Å². The lowest BCUT2D eigenvalue weighted by Crippen LogP contribution is -2.51. The first-order valence-corrected chi connectivity index (χ1v) is 12.4. The van der Waals surface area contributed by atoms with Crippen LogP contribution in [0.1, 0.15) is 31.1 Å². The number of thioether (sulfide) groups is 1. The van der Waals surface area contributed by atoms with Crippen molar-refractivity contribution in [3.05, 3.63) is 29.8 Å². The van der Waals surface area contributed by atoms with Gasteiger partial charge in [-0.05, 0) is 35.4 Å². The van der Waals surface area contributed by atoms with Crippen LogP contribution in [0.2, 0.25) is 0 Å². The number of sulfonamides is 1. The molecule has 1 aliphatic heterocycles. The van der Waals surface area contributed by atoms with Crippen molar-refractivity contribution in [2.75, 3.05) is 31.9 Å². The maximum atomic E-state index is 12.9. The third-order valence-electron chi connectivity index (χ3n) is 4.85. The van der Waals surface area contributed by atoms with Crippen molar-refractivity contribution in [3.8, 4) is 0 Å². The summed E-state index contributed by atoms with van der Waals surface area (Å²) in [6, 6.07) is 5.92. The van der Waals surface area contributed by atoms with Crippen LogP contribution in [0.5, 0.6) is 0 Å². The molecule has 1 amide bonds. The zero-order valence-electron chi connectivity index (χ0n) is 17.8. The highest BCUT2D eigenvalue weighted by atomic mass is 32.2. The highest BCUT2D eigenvalue weighted by Gasteiger charge is 2.30. The Kier molecular flexibility index (Phi) is 7.44. The number of piperazine rings is 1. The fraction of sp³-hybridized carbons (Fsp3) is 0.526. The lowest BCUT2D eigenvalue weighted by molar-refractivity contribution is -0.129. The molecule has 168 valence electrons.